The predicted octanol–water partition coefficient (Wildman–Crippen LogP) is 0.0537. The fourth-order valence-corrected chi connectivity index (χ4v) is 1.15. The quantitative estimate of drug-likeness (QED) is 0.576. The predicted molar refractivity (Wildman–Crippen MR) is 45.4 cm³/mol. The average Bonchev–Trinajstić information content (AvgIpc) is 1.95. The summed E-state index contributed by atoms with van der Waals surface area (Å²) in [5.74, 6) is 0.587. The van der Waals surface area contributed by atoms with Gasteiger partial charge in [-0.1, -0.05) is 6.42 Å². The highest BCUT2D eigenvalue weighted by Gasteiger charge is 2.17. The Morgan fingerprint density at radius 1 is 1.58 bits per heavy atom. The number of hydrogen-bond donors (Lipinski definition) is 2. The van der Waals surface area contributed by atoms with Crippen molar-refractivity contribution < 1.29 is 9.53 Å². The number of nitrogens with one attached hydrogen (secondary N) is 2. The number of ether oxygens (including phenoxy) is 1. The molecule has 0 unspecified atom stereocenters. The van der Waals surface area contributed by atoms with E-state index in [1.165, 1.54) is 19.3 Å². The first kappa shape index (κ1) is 9.48. The number of hydrogen-bond acceptors (Lipinski definition) is 3. The third-order valence-electron chi connectivity index (χ3n) is 2.08. The maximum atomic E-state index is 10.8. The van der Waals surface area contributed by atoms with Crippen molar-refractivity contribution in [2.75, 3.05) is 20.3 Å². The van der Waals surface area contributed by atoms with Crippen molar-refractivity contribution in [3.63, 3.8) is 0 Å². The topological polar surface area (TPSA) is 50.4 Å². The number of amides is 1. The molecule has 1 saturated carbocycles. The first-order chi connectivity index (χ1) is 5.83. The fraction of sp³-hybridized carbons (Fsp3) is 0.875. The van der Waals surface area contributed by atoms with E-state index in [9.17, 15) is 4.79 Å². The maximum Gasteiger partial charge on any atom is 0.260 e. The molecule has 1 aliphatic rings. The van der Waals surface area contributed by atoms with E-state index in [-0.39, 0.29) is 12.5 Å². The van der Waals surface area contributed by atoms with Crippen molar-refractivity contribution in [2.45, 2.75) is 19.3 Å². The fourth-order valence-electron chi connectivity index (χ4n) is 1.15. The molecule has 0 spiro atoms. The molecule has 1 fully saturated rings. The molecule has 0 aromatic heterocycles. The van der Waals surface area contributed by atoms with Crippen molar-refractivity contribution in [2.24, 2.45) is 5.92 Å². The van der Waals surface area contributed by atoms with Crippen LogP contribution in [0.25, 0.3) is 0 Å². The average molecular weight is 172 g/mol. The summed E-state index contributed by atoms with van der Waals surface area (Å²) >= 11 is 0. The lowest BCUT2D eigenvalue weighted by molar-refractivity contribution is -0.127. The smallest absolute Gasteiger partial charge is 0.260 e. The van der Waals surface area contributed by atoms with Crippen molar-refractivity contribution in [3.8, 4) is 0 Å². The second-order valence-electron chi connectivity index (χ2n) is 3.11. The molecule has 4 heteroatoms. The van der Waals surface area contributed by atoms with Crippen molar-refractivity contribution >= 4 is 5.91 Å². The lowest BCUT2D eigenvalue weighted by atomic mass is 9.86. The summed E-state index contributed by atoms with van der Waals surface area (Å²) in [7, 11) is 1.66. The van der Waals surface area contributed by atoms with Crippen LogP contribution >= 0.6 is 0 Å². The summed E-state index contributed by atoms with van der Waals surface area (Å²) in [6, 6.07) is 0. The lowest BCUT2D eigenvalue weighted by Crippen LogP contribution is -2.37. The van der Waals surface area contributed by atoms with Crippen LogP contribution in [0.2, 0.25) is 0 Å². The Hall–Kier alpha value is -0.610. The standard InChI is InChI=1S/C8H16N2O2/c1-9-10-8(11)6-12-5-7-3-2-4-7/h7,9H,2-6H2,1H3,(H,10,11). The van der Waals surface area contributed by atoms with Crippen LogP contribution in [0.15, 0.2) is 0 Å². The minimum absolute atomic E-state index is 0.114. The minimum atomic E-state index is -0.114. The van der Waals surface area contributed by atoms with Crippen LogP contribution in [0.4, 0.5) is 0 Å². The first-order valence-electron chi connectivity index (χ1n) is 4.36. The van der Waals surface area contributed by atoms with Gasteiger partial charge in [0, 0.05) is 7.05 Å². The molecule has 70 valence electrons. The van der Waals surface area contributed by atoms with E-state index < -0.39 is 0 Å². The summed E-state index contributed by atoms with van der Waals surface area (Å²) in [4.78, 5) is 10.8. The molecule has 0 atom stereocenters. The molecule has 0 bridgehead atoms. The summed E-state index contributed by atoms with van der Waals surface area (Å²) in [6.45, 7) is 0.897. The molecular weight excluding hydrogens is 156 g/mol. The van der Waals surface area contributed by atoms with Gasteiger partial charge in [-0.05, 0) is 18.8 Å². The van der Waals surface area contributed by atoms with Gasteiger partial charge in [0.2, 0.25) is 0 Å². The van der Waals surface area contributed by atoms with E-state index in [0.717, 1.165) is 6.61 Å². The van der Waals surface area contributed by atoms with E-state index in [1.807, 2.05) is 0 Å². The van der Waals surface area contributed by atoms with Gasteiger partial charge in [-0.15, -0.1) is 0 Å². The van der Waals surface area contributed by atoms with Gasteiger partial charge in [-0.3, -0.25) is 10.2 Å². The highest BCUT2D eigenvalue weighted by Crippen LogP contribution is 2.25. The molecule has 4 nitrogen and oxygen atoms in total. The van der Waals surface area contributed by atoms with E-state index in [1.54, 1.807) is 7.05 Å². The van der Waals surface area contributed by atoms with Crippen molar-refractivity contribution in [1.29, 1.82) is 0 Å². The maximum absolute atomic E-state index is 10.8. The van der Waals surface area contributed by atoms with Crippen LogP contribution in [0.3, 0.4) is 0 Å². The monoisotopic (exact) mass is 172 g/mol. The molecule has 1 aliphatic carbocycles. The van der Waals surface area contributed by atoms with Gasteiger partial charge >= 0.3 is 0 Å². The molecule has 2 N–H and O–H groups in total. The zero-order valence-electron chi connectivity index (χ0n) is 7.43. The third kappa shape index (κ3) is 3.19. The second kappa shape index (κ2) is 5.11. The molecule has 0 radical (unpaired) electrons. The van der Waals surface area contributed by atoms with E-state index in [4.69, 9.17) is 4.74 Å². The summed E-state index contributed by atoms with van der Waals surface area (Å²) < 4.78 is 5.20. The zero-order valence-corrected chi connectivity index (χ0v) is 7.43. The molecule has 0 heterocycles. The molecule has 1 amide bonds. The van der Waals surface area contributed by atoms with Crippen LogP contribution in [0, 0.1) is 5.92 Å². The Balaban J connectivity index is 1.90. The normalized spacial score (nSPS) is 17.1. The summed E-state index contributed by atoms with van der Waals surface area (Å²) in [6.07, 6.45) is 3.83. The molecule has 1 rings (SSSR count). The van der Waals surface area contributed by atoms with Gasteiger partial charge in [0.15, 0.2) is 0 Å². The van der Waals surface area contributed by atoms with Gasteiger partial charge in [-0.2, -0.15) is 0 Å². The highest BCUT2D eigenvalue weighted by atomic mass is 16.5. The van der Waals surface area contributed by atoms with Crippen LogP contribution in [0.5, 0.6) is 0 Å². The highest BCUT2D eigenvalue weighted by molar-refractivity contribution is 5.76. The molecule has 0 aliphatic heterocycles. The van der Waals surface area contributed by atoms with Crippen LogP contribution < -0.4 is 10.9 Å². The summed E-state index contributed by atoms with van der Waals surface area (Å²) in [5.41, 5.74) is 5.00. The van der Waals surface area contributed by atoms with E-state index in [0.29, 0.717) is 5.92 Å². The molecule has 0 aromatic carbocycles. The Labute approximate surface area is 72.6 Å². The van der Waals surface area contributed by atoms with Gasteiger partial charge < -0.3 is 4.74 Å². The van der Waals surface area contributed by atoms with Crippen molar-refractivity contribution in [1.82, 2.24) is 10.9 Å². The van der Waals surface area contributed by atoms with Crippen molar-refractivity contribution in [3.05, 3.63) is 0 Å². The third-order valence-corrected chi connectivity index (χ3v) is 2.08. The Morgan fingerprint density at radius 3 is 2.83 bits per heavy atom. The largest absolute Gasteiger partial charge is 0.371 e. The molecule has 12 heavy (non-hydrogen) atoms. The van der Waals surface area contributed by atoms with Gasteiger partial charge in [0.1, 0.15) is 6.61 Å². The molecule has 0 aromatic rings. The second-order valence-corrected chi connectivity index (χ2v) is 3.11. The molecular formula is C8H16N2O2. The van der Waals surface area contributed by atoms with Crippen LogP contribution in [-0.4, -0.2) is 26.2 Å². The SMILES string of the molecule is CNNC(=O)COCC1CCC1. The van der Waals surface area contributed by atoms with Gasteiger partial charge in [-0.25, -0.2) is 5.43 Å². The Bertz CT molecular complexity index is 146. The first-order valence-corrected chi connectivity index (χ1v) is 4.36. The van der Waals surface area contributed by atoms with Gasteiger partial charge in [0.05, 0.1) is 6.61 Å². The molecule has 0 saturated heterocycles. The van der Waals surface area contributed by atoms with Crippen LogP contribution in [-0.2, 0) is 9.53 Å². The summed E-state index contributed by atoms with van der Waals surface area (Å²) in [5, 5.41) is 0. The number of hydrazine groups is 1. The Kier molecular flexibility index (Phi) is 4.04. The lowest BCUT2D eigenvalue weighted by Gasteiger charge is -2.24. The number of carbonyl (C=O) groups is 1. The van der Waals surface area contributed by atoms with Gasteiger partial charge in [0.25, 0.3) is 5.91 Å². The zero-order chi connectivity index (χ0) is 8.81. The number of rotatable bonds is 5. The Morgan fingerprint density at radius 2 is 2.33 bits per heavy atom. The van der Waals surface area contributed by atoms with Crippen LogP contribution in [0.1, 0.15) is 19.3 Å². The number of carbonyl (C=O) groups excluding carboxylic acids is 1. The van der Waals surface area contributed by atoms with E-state index >= 15 is 0 Å². The van der Waals surface area contributed by atoms with E-state index in [2.05, 4.69) is 10.9 Å². The minimum Gasteiger partial charge on any atom is -0.371 e.